The average molecular weight is 293 g/mol. The molecule has 0 heterocycles. The van der Waals surface area contributed by atoms with Gasteiger partial charge in [-0.2, -0.15) is 0 Å². The molecule has 0 bridgehead atoms. The van der Waals surface area contributed by atoms with Crippen LogP contribution in [0.3, 0.4) is 0 Å². The van der Waals surface area contributed by atoms with Crippen LogP contribution in [0.1, 0.15) is 44.5 Å². The van der Waals surface area contributed by atoms with E-state index in [0.717, 1.165) is 12.2 Å². The number of amides is 1. The summed E-state index contributed by atoms with van der Waals surface area (Å²) in [4.78, 5) is 12.1. The van der Waals surface area contributed by atoms with Crippen molar-refractivity contribution in [1.82, 2.24) is 5.32 Å². The molecule has 0 saturated carbocycles. The van der Waals surface area contributed by atoms with Gasteiger partial charge in [-0.1, -0.05) is 27.7 Å². The van der Waals surface area contributed by atoms with Crippen molar-refractivity contribution in [2.24, 2.45) is 11.8 Å². The number of carbonyl (C=O) groups is 1. The number of aliphatic hydroxyl groups is 1. The van der Waals surface area contributed by atoms with Gasteiger partial charge in [-0.05, 0) is 42.5 Å². The summed E-state index contributed by atoms with van der Waals surface area (Å²) in [6, 6.07) is 6.89. The maximum atomic E-state index is 12.1. The van der Waals surface area contributed by atoms with Crippen molar-refractivity contribution in [3.63, 3.8) is 0 Å². The summed E-state index contributed by atoms with van der Waals surface area (Å²) >= 11 is 0. The number of hydrogen-bond donors (Lipinski definition) is 2. The third-order valence-corrected chi connectivity index (χ3v) is 3.01. The summed E-state index contributed by atoms with van der Waals surface area (Å²) in [5.74, 6) is 1.50. The highest BCUT2D eigenvalue weighted by molar-refractivity contribution is 5.94. The van der Waals surface area contributed by atoms with Gasteiger partial charge in [0, 0.05) is 5.56 Å². The molecule has 1 aromatic rings. The molecule has 4 heteroatoms. The first-order valence-electron chi connectivity index (χ1n) is 7.57. The molecule has 2 N–H and O–H groups in total. The van der Waals surface area contributed by atoms with Crippen molar-refractivity contribution < 1.29 is 14.6 Å². The Morgan fingerprint density at radius 3 is 2.24 bits per heavy atom. The van der Waals surface area contributed by atoms with Crippen LogP contribution in [0, 0.1) is 11.8 Å². The first-order valence-corrected chi connectivity index (χ1v) is 7.57. The minimum atomic E-state index is -0.200. The number of aliphatic hydroxyl groups excluding tert-OH is 1. The van der Waals surface area contributed by atoms with Crippen molar-refractivity contribution in [1.29, 1.82) is 0 Å². The predicted octanol–water partition coefficient (Wildman–Crippen LogP) is 2.86. The topological polar surface area (TPSA) is 58.6 Å². The summed E-state index contributed by atoms with van der Waals surface area (Å²) in [5, 5.41) is 12.2. The van der Waals surface area contributed by atoms with E-state index in [4.69, 9.17) is 4.74 Å². The van der Waals surface area contributed by atoms with Crippen LogP contribution < -0.4 is 10.1 Å². The zero-order valence-electron chi connectivity index (χ0n) is 13.4. The van der Waals surface area contributed by atoms with E-state index >= 15 is 0 Å². The summed E-state index contributed by atoms with van der Waals surface area (Å²) < 4.78 is 5.59. The summed E-state index contributed by atoms with van der Waals surface area (Å²) in [6.07, 6.45) is 0.762. The Hall–Kier alpha value is -1.55. The van der Waals surface area contributed by atoms with E-state index in [0.29, 0.717) is 24.0 Å². The molecule has 0 aliphatic carbocycles. The quantitative estimate of drug-likeness (QED) is 0.775. The molecule has 0 spiro atoms. The van der Waals surface area contributed by atoms with Crippen molar-refractivity contribution in [3.8, 4) is 5.75 Å². The number of nitrogens with one attached hydrogen (secondary N) is 1. The van der Waals surface area contributed by atoms with Gasteiger partial charge in [0.25, 0.3) is 5.91 Å². The van der Waals surface area contributed by atoms with E-state index in [-0.39, 0.29) is 18.6 Å². The lowest BCUT2D eigenvalue weighted by atomic mass is 10.0. The van der Waals surface area contributed by atoms with Gasteiger partial charge in [-0.25, -0.2) is 0 Å². The van der Waals surface area contributed by atoms with Gasteiger partial charge in [-0.3, -0.25) is 4.79 Å². The molecule has 1 rings (SSSR count). The summed E-state index contributed by atoms with van der Waals surface area (Å²) in [6.45, 7) is 8.93. The lowest BCUT2D eigenvalue weighted by molar-refractivity contribution is 0.0908. The fraction of sp³-hybridized carbons (Fsp3) is 0.588. The van der Waals surface area contributed by atoms with Gasteiger partial charge >= 0.3 is 0 Å². The fourth-order valence-corrected chi connectivity index (χ4v) is 1.98. The Balaban J connectivity index is 2.58. The van der Waals surface area contributed by atoms with Crippen LogP contribution in [0.25, 0.3) is 0 Å². The Morgan fingerprint density at radius 2 is 1.76 bits per heavy atom. The lowest BCUT2D eigenvalue weighted by Crippen LogP contribution is -2.38. The third kappa shape index (κ3) is 6.63. The Morgan fingerprint density at radius 1 is 1.14 bits per heavy atom. The molecule has 1 atom stereocenters. The first-order chi connectivity index (χ1) is 9.92. The third-order valence-electron chi connectivity index (χ3n) is 3.01. The molecular formula is C17H27NO3. The van der Waals surface area contributed by atoms with Crippen molar-refractivity contribution in [2.45, 2.75) is 40.2 Å². The molecule has 118 valence electrons. The van der Waals surface area contributed by atoms with E-state index in [1.54, 1.807) is 24.3 Å². The molecule has 1 aromatic carbocycles. The van der Waals surface area contributed by atoms with Gasteiger partial charge in [0.15, 0.2) is 0 Å². The van der Waals surface area contributed by atoms with E-state index in [2.05, 4.69) is 33.0 Å². The maximum Gasteiger partial charge on any atom is 0.251 e. The average Bonchev–Trinajstić information content (AvgIpc) is 2.44. The number of rotatable bonds is 8. The second kappa shape index (κ2) is 8.67. The van der Waals surface area contributed by atoms with Crippen LogP contribution in [0.2, 0.25) is 0 Å². The zero-order chi connectivity index (χ0) is 15.8. The molecule has 21 heavy (non-hydrogen) atoms. The van der Waals surface area contributed by atoms with Crippen LogP contribution in [-0.4, -0.2) is 30.3 Å². The van der Waals surface area contributed by atoms with Gasteiger partial charge in [0.1, 0.15) is 5.75 Å². The van der Waals surface area contributed by atoms with Crippen LogP contribution >= 0.6 is 0 Å². The number of benzene rings is 1. The molecule has 0 saturated heterocycles. The van der Waals surface area contributed by atoms with E-state index in [1.807, 2.05) is 0 Å². The van der Waals surface area contributed by atoms with Gasteiger partial charge in [0.2, 0.25) is 0 Å². The van der Waals surface area contributed by atoms with E-state index in [9.17, 15) is 9.90 Å². The smallest absolute Gasteiger partial charge is 0.251 e. The summed E-state index contributed by atoms with van der Waals surface area (Å²) in [7, 11) is 0. The van der Waals surface area contributed by atoms with Gasteiger partial charge < -0.3 is 15.2 Å². The monoisotopic (exact) mass is 293 g/mol. The molecule has 0 aromatic heterocycles. The largest absolute Gasteiger partial charge is 0.493 e. The van der Waals surface area contributed by atoms with Crippen molar-refractivity contribution in [3.05, 3.63) is 29.8 Å². The molecule has 4 nitrogen and oxygen atoms in total. The molecule has 1 unspecified atom stereocenters. The van der Waals surface area contributed by atoms with Gasteiger partial charge in [0.05, 0.1) is 19.3 Å². The van der Waals surface area contributed by atoms with E-state index in [1.165, 1.54) is 0 Å². The van der Waals surface area contributed by atoms with Crippen LogP contribution in [0.5, 0.6) is 5.75 Å². The highest BCUT2D eigenvalue weighted by atomic mass is 16.5. The molecule has 0 aliphatic heterocycles. The Labute approximate surface area is 127 Å². The zero-order valence-corrected chi connectivity index (χ0v) is 13.4. The fourth-order valence-electron chi connectivity index (χ4n) is 1.98. The van der Waals surface area contributed by atoms with Crippen LogP contribution in [0.15, 0.2) is 24.3 Å². The van der Waals surface area contributed by atoms with Crippen LogP contribution in [0.4, 0.5) is 0 Å². The highest BCUT2D eigenvalue weighted by Crippen LogP contribution is 2.14. The van der Waals surface area contributed by atoms with E-state index < -0.39 is 0 Å². The van der Waals surface area contributed by atoms with Crippen LogP contribution in [-0.2, 0) is 0 Å². The van der Waals surface area contributed by atoms with Crippen molar-refractivity contribution >= 4 is 5.91 Å². The standard InChI is InChI=1S/C17H27NO3/c1-12(2)9-15(10-19)18-17(20)14-5-7-16(8-6-14)21-11-13(3)4/h5-8,12-13,15,19H,9-11H2,1-4H3,(H,18,20). The highest BCUT2D eigenvalue weighted by Gasteiger charge is 2.14. The molecule has 0 aliphatic rings. The second-order valence-corrected chi connectivity index (χ2v) is 6.21. The second-order valence-electron chi connectivity index (χ2n) is 6.21. The minimum absolute atomic E-state index is 0.0422. The Bertz CT molecular complexity index is 426. The minimum Gasteiger partial charge on any atom is -0.493 e. The molecular weight excluding hydrogens is 266 g/mol. The molecule has 0 fully saturated rings. The SMILES string of the molecule is CC(C)COc1ccc(C(=O)NC(CO)CC(C)C)cc1. The lowest BCUT2D eigenvalue weighted by Gasteiger charge is -2.18. The maximum absolute atomic E-state index is 12.1. The predicted molar refractivity (Wildman–Crippen MR) is 84.6 cm³/mol. The number of hydrogen-bond acceptors (Lipinski definition) is 3. The first kappa shape index (κ1) is 17.5. The van der Waals surface area contributed by atoms with Gasteiger partial charge in [-0.15, -0.1) is 0 Å². The number of carbonyl (C=O) groups excluding carboxylic acids is 1. The molecule has 0 radical (unpaired) electrons. The molecule has 1 amide bonds. The summed E-state index contributed by atoms with van der Waals surface area (Å²) in [5.41, 5.74) is 0.578. The van der Waals surface area contributed by atoms with Crippen molar-refractivity contribution in [2.75, 3.05) is 13.2 Å². The normalized spacial score (nSPS) is 12.5. The number of ether oxygens (including phenoxy) is 1. The Kier molecular flexibility index (Phi) is 7.23.